The Balaban J connectivity index is -0.00000000500. The summed E-state index contributed by atoms with van der Waals surface area (Å²) in [5, 5.41) is 0. The van der Waals surface area contributed by atoms with Crippen molar-refractivity contribution < 1.29 is 58.2 Å². The smallest absolute Gasteiger partial charge is 1.00 e. The van der Waals surface area contributed by atoms with E-state index in [1.54, 1.807) is 0 Å². The van der Waals surface area contributed by atoms with Crippen LogP contribution in [0.1, 0.15) is 0 Å². The minimum absolute atomic E-state index is 0. The Kier molecular flexibility index (Phi) is 84.0. The van der Waals surface area contributed by atoms with E-state index in [4.69, 9.17) is 4.66 Å². The summed E-state index contributed by atoms with van der Waals surface area (Å²) in [5.74, 6) is 0. The fourth-order valence-electron chi connectivity index (χ4n) is 0. The van der Waals surface area contributed by atoms with Crippen LogP contribution in [0.15, 0.2) is 0 Å². The van der Waals surface area contributed by atoms with Gasteiger partial charge in [0.15, 0.2) is 0 Å². The largest absolute Gasteiger partial charge is 1.00 e. The molecule has 1 nitrogen and oxygen atoms in total. The summed E-state index contributed by atoms with van der Waals surface area (Å²) in [4.78, 5) is 0. The molecule has 1 N–H and O–H groups in total. The molecule has 0 atom stereocenters. The number of hydrogen-bond donors (Lipinski definition) is 1. The summed E-state index contributed by atoms with van der Waals surface area (Å²) in [6, 6.07) is 0. The van der Waals surface area contributed by atoms with Crippen LogP contribution in [0.2, 0.25) is 0 Å². The van der Waals surface area contributed by atoms with Gasteiger partial charge in [0, 0.05) is 0 Å². The zero-order chi connectivity index (χ0) is 2.00. The fourth-order valence-corrected chi connectivity index (χ4v) is 0. The van der Waals surface area contributed by atoms with Gasteiger partial charge in [0.2, 0.25) is 0 Å². The van der Waals surface area contributed by atoms with E-state index in [2.05, 4.69) is 11.9 Å². The molecule has 0 radical (unpaired) electrons. The van der Waals surface area contributed by atoms with E-state index in [0.29, 0.717) is 0 Å². The Morgan fingerprint density at radius 1 is 1.25 bits per heavy atom. The predicted octanol–water partition coefficient (Wildman–Crippen LogP) is -5.86. The van der Waals surface area contributed by atoms with Crippen LogP contribution in [-0.4, -0.2) is 4.66 Å². The van der Waals surface area contributed by atoms with Gasteiger partial charge in [0.25, 0.3) is 0 Å². The molecule has 0 aromatic heterocycles. The normalized spacial score (nSPS) is 1.50. The van der Waals surface area contributed by atoms with Crippen LogP contribution in [0.25, 0.3) is 0 Å². The summed E-state index contributed by atoms with van der Waals surface area (Å²) < 4.78 is 6.47. The third-order valence-electron chi connectivity index (χ3n) is 0. The number of rotatable bonds is 0. The van der Waals surface area contributed by atoms with E-state index < -0.39 is 0 Å². The molecule has 0 amide bonds. The monoisotopic (exact) mass is 202 g/mol. The van der Waals surface area contributed by atoms with E-state index in [1.165, 1.54) is 0 Å². The van der Waals surface area contributed by atoms with Gasteiger partial charge in [0.05, 0.1) is 11.9 Å². The molecule has 0 heterocycles. The Morgan fingerprint density at radius 3 is 1.25 bits per heavy atom. The molecular weight excluding hydrogens is 201 g/mol. The first-order valence-electron chi connectivity index (χ1n) is 0.169. The predicted molar refractivity (Wildman–Crippen MR) is 8.07 cm³/mol. The first-order chi connectivity index (χ1) is 1.00. The van der Waals surface area contributed by atoms with Gasteiger partial charge in [-0.25, -0.2) is 0 Å². The van der Waals surface area contributed by atoms with Crippen LogP contribution in [0.4, 0.5) is 0 Å². The molecule has 0 rings (SSSR count). The molecule has 0 aromatic carbocycles. The van der Waals surface area contributed by atoms with E-state index in [0.717, 1.165) is 0 Å². The molecule has 4 heavy (non-hydrogen) atoms. The zero-order valence-electron chi connectivity index (χ0n) is 2.20. The first kappa shape index (κ1) is 16.7. The van der Waals surface area contributed by atoms with Crippen LogP contribution >= 0.6 is 11.9 Å². The van der Waals surface area contributed by atoms with Gasteiger partial charge in [-0.15, -0.1) is 0 Å². The van der Waals surface area contributed by atoms with E-state index in [-0.39, 0.29) is 53.5 Å². The van der Waals surface area contributed by atoms with Crippen LogP contribution < -0.4 is 53.5 Å². The maximum atomic E-state index is 6.47. The summed E-state index contributed by atoms with van der Waals surface area (Å²) in [6.45, 7) is 0. The van der Waals surface area contributed by atoms with Crippen molar-refractivity contribution in [3.63, 3.8) is 0 Å². The number of halogens is 2. The Bertz CT molecular complexity index is 8.00. The maximum absolute atomic E-state index is 6.47. The molecule has 4 heteroatoms. The molecule has 0 aliphatic carbocycles. The number of hydrogen-bond acceptors (Lipinski definition) is 1. The SMILES string of the molecule is OCl.[I-].[Na+]. The molecule has 0 aliphatic heterocycles. The maximum Gasteiger partial charge on any atom is 1.00 e. The first-order valence-corrected chi connectivity index (χ1v) is 0.507. The summed E-state index contributed by atoms with van der Waals surface area (Å²) in [6.07, 6.45) is 0. The minimum atomic E-state index is 0. The van der Waals surface area contributed by atoms with Crippen molar-refractivity contribution in [1.82, 2.24) is 0 Å². The van der Waals surface area contributed by atoms with Crippen molar-refractivity contribution in [2.24, 2.45) is 0 Å². The van der Waals surface area contributed by atoms with Crippen molar-refractivity contribution in [2.75, 3.05) is 0 Å². The van der Waals surface area contributed by atoms with Gasteiger partial charge in [-0.05, 0) is 0 Å². The molecule has 0 spiro atoms. The van der Waals surface area contributed by atoms with E-state index >= 15 is 0 Å². The summed E-state index contributed by atoms with van der Waals surface area (Å²) >= 11 is 3.64. The molecule has 0 aromatic rings. The van der Waals surface area contributed by atoms with Crippen LogP contribution in [-0.2, 0) is 0 Å². The molecule has 0 aliphatic rings. The second-order valence-corrected chi connectivity index (χ2v) is 0. The minimum Gasteiger partial charge on any atom is -1.00 e. The van der Waals surface area contributed by atoms with Gasteiger partial charge < -0.3 is 24.0 Å². The second kappa shape index (κ2) is 20.1. The molecule has 0 unspecified atom stereocenters. The Morgan fingerprint density at radius 2 is 1.25 bits per heavy atom. The van der Waals surface area contributed by atoms with Crippen molar-refractivity contribution in [3.05, 3.63) is 0 Å². The molecule has 0 fully saturated rings. The molecule has 0 saturated heterocycles. The van der Waals surface area contributed by atoms with Gasteiger partial charge >= 0.3 is 29.6 Å². The Labute approximate surface area is 69.2 Å². The van der Waals surface area contributed by atoms with Crippen molar-refractivity contribution in [3.8, 4) is 0 Å². The molecule has 22 valence electrons. The van der Waals surface area contributed by atoms with Crippen LogP contribution in [0.3, 0.4) is 0 Å². The van der Waals surface area contributed by atoms with Gasteiger partial charge in [-0.2, -0.15) is 0 Å². The summed E-state index contributed by atoms with van der Waals surface area (Å²) in [5.41, 5.74) is 0. The van der Waals surface area contributed by atoms with Crippen molar-refractivity contribution >= 4 is 11.9 Å². The van der Waals surface area contributed by atoms with E-state index in [9.17, 15) is 0 Å². The van der Waals surface area contributed by atoms with Crippen LogP contribution in [0, 0.1) is 0 Å². The van der Waals surface area contributed by atoms with Crippen LogP contribution in [0.5, 0.6) is 0 Å². The van der Waals surface area contributed by atoms with E-state index in [1.807, 2.05) is 0 Å². The average Bonchev–Trinajstić information content (AvgIpc) is 1.00. The standard InChI is InChI=1S/ClHO.HI.Na/c1-2;;/h2H;1H;/q;;+1/p-1. The van der Waals surface area contributed by atoms with Gasteiger partial charge in [0.1, 0.15) is 0 Å². The topological polar surface area (TPSA) is 20.2 Å². The Hall–Kier alpha value is 1.98. The van der Waals surface area contributed by atoms with Gasteiger partial charge in [-0.3, -0.25) is 4.66 Å². The third kappa shape index (κ3) is 9.02. The molecule has 0 bridgehead atoms. The third-order valence-corrected chi connectivity index (χ3v) is 0. The second-order valence-electron chi connectivity index (χ2n) is 0. The fraction of sp³-hybridized carbons (Fsp3) is 0. The van der Waals surface area contributed by atoms with Gasteiger partial charge in [-0.1, -0.05) is 0 Å². The molecule has 0 saturated carbocycles. The van der Waals surface area contributed by atoms with Crippen molar-refractivity contribution in [2.45, 2.75) is 0 Å². The van der Waals surface area contributed by atoms with Crippen molar-refractivity contribution in [1.29, 1.82) is 0 Å². The average molecular weight is 202 g/mol. The quantitative estimate of drug-likeness (QED) is 0.306. The molecular formula is HClINaO. The zero-order valence-corrected chi connectivity index (χ0v) is 7.12. The summed E-state index contributed by atoms with van der Waals surface area (Å²) in [7, 11) is 0.